The maximum Gasteiger partial charge on any atom is 0.0949 e. The smallest absolute Gasteiger partial charge is 0.0949 e. The summed E-state index contributed by atoms with van der Waals surface area (Å²) in [6.45, 7) is 0.864. The average Bonchev–Trinajstić information content (AvgIpc) is 2.49. The van der Waals surface area contributed by atoms with Crippen LogP contribution in [0.4, 0.5) is 0 Å². The zero-order chi connectivity index (χ0) is 8.93. The van der Waals surface area contributed by atoms with Crippen molar-refractivity contribution >= 4 is 0 Å². The quantitative estimate of drug-likeness (QED) is 0.733. The average molecular weight is 173 g/mol. The molecule has 3 heteroatoms. The fraction of sp³-hybridized carbons (Fsp3) is 0.100. The SMILES string of the molecule is C1=CNC=CC(Cn2ccnc2)=C1. The molecule has 3 nitrogen and oxygen atoms in total. The number of nitrogens with one attached hydrogen (secondary N) is 1. The first-order valence-electron chi connectivity index (χ1n) is 4.19. The van der Waals surface area contributed by atoms with Gasteiger partial charge in [-0.25, -0.2) is 4.98 Å². The standard InChI is InChI=1S/C10H11N3/c1-2-10(3-5-11-4-1)8-13-7-6-12-9-13/h1-7,9,11H,8H2. The number of hydrogen-bond donors (Lipinski definition) is 1. The van der Waals surface area contributed by atoms with Crippen LogP contribution in [0.5, 0.6) is 0 Å². The van der Waals surface area contributed by atoms with Gasteiger partial charge in [0, 0.05) is 31.3 Å². The third-order valence-corrected chi connectivity index (χ3v) is 1.82. The second kappa shape index (κ2) is 3.76. The van der Waals surface area contributed by atoms with Crippen molar-refractivity contribution < 1.29 is 0 Å². The van der Waals surface area contributed by atoms with E-state index < -0.39 is 0 Å². The van der Waals surface area contributed by atoms with Crippen LogP contribution in [-0.2, 0) is 6.54 Å². The lowest BCUT2D eigenvalue weighted by Crippen LogP contribution is -1.96. The molecule has 0 unspecified atom stereocenters. The molecular weight excluding hydrogens is 162 g/mol. The molecule has 0 saturated heterocycles. The molecule has 0 atom stereocenters. The third kappa shape index (κ3) is 2.08. The van der Waals surface area contributed by atoms with Gasteiger partial charge in [0.15, 0.2) is 0 Å². The zero-order valence-electron chi connectivity index (χ0n) is 7.22. The summed E-state index contributed by atoms with van der Waals surface area (Å²) in [5, 5.41) is 3.02. The van der Waals surface area contributed by atoms with Crippen LogP contribution in [0.3, 0.4) is 0 Å². The lowest BCUT2D eigenvalue weighted by Gasteiger charge is -2.00. The maximum atomic E-state index is 3.99. The molecule has 1 aliphatic rings. The van der Waals surface area contributed by atoms with Crippen molar-refractivity contribution in [2.24, 2.45) is 0 Å². The van der Waals surface area contributed by atoms with Crippen molar-refractivity contribution in [2.75, 3.05) is 0 Å². The lowest BCUT2D eigenvalue weighted by molar-refractivity contribution is 0.796. The Hall–Kier alpha value is -1.77. The van der Waals surface area contributed by atoms with Crippen LogP contribution in [0.1, 0.15) is 0 Å². The van der Waals surface area contributed by atoms with E-state index in [9.17, 15) is 0 Å². The van der Waals surface area contributed by atoms with Gasteiger partial charge >= 0.3 is 0 Å². The van der Waals surface area contributed by atoms with Gasteiger partial charge in [-0.1, -0.05) is 6.08 Å². The molecule has 0 radical (unpaired) electrons. The fourth-order valence-corrected chi connectivity index (χ4v) is 1.19. The number of hydrogen-bond acceptors (Lipinski definition) is 2. The molecule has 1 aromatic heterocycles. The van der Waals surface area contributed by atoms with Gasteiger partial charge in [0.1, 0.15) is 0 Å². The minimum Gasteiger partial charge on any atom is -0.368 e. The summed E-state index contributed by atoms with van der Waals surface area (Å²) in [4.78, 5) is 3.99. The summed E-state index contributed by atoms with van der Waals surface area (Å²) in [5.74, 6) is 0. The summed E-state index contributed by atoms with van der Waals surface area (Å²) in [6.07, 6.45) is 15.5. The van der Waals surface area contributed by atoms with Gasteiger partial charge in [-0.15, -0.1) is 0 Å². The highest BCUT2D eigenvalue weighted by Gasteiger charge is 1.94. The van der Waals surface area contributed by atoms with Crippen LogP contribution >= 0.6 is 0 Å². The van der Waals surface area contributed by atoms with Crippen molar-refractivity contribution in [1.82, 2.24) is 14.9 Å². The van der Waals surface area contributed by atoms with Gasteiger partial charge in [-0.3, -0.25) is 0 Å². The minimum absolute atomic E-state index is 0.864. The zero-order valence-corrected chi connectivity index (χ0v) is 7.22. The molecule has 2 heterocycles. The number of nitrogens with zero attached hydrogens (tertiary/aromatic N) is 2. The number of rotatable bonds is 2. The molecule has 0 fully saturated rings. The van der Waals surface area contributed by atoms with Gasteiger partial charge < -0.3 is 9.88 Å². The third-order valence-electron chi connectivity index (χ3n) is 1.82. The van der Waals surface area contributed by atoms with Gasteiger partial charge in [0.05, 0.1) is 6.33 Å². The molecule has 2 rings (SSSR count). The molecule has 0 saturated carbocycles. The predicted octanol–water partition coefficient (Wildman–Crippen LogP) is 1.44. The first-order chi connectivity index (χ1) is 6.45. The Morgan fingerprint density at radius 3 is 3.23 bits per heavy atom. The van der Waals surface area contributed by atoms with Crippen molar-refractivity contribution in [2.45, 2.75) is 6.54 Å². The topological polar surface area (TPSA) is 29.9 Å². The van der Waals surface area contributed by atoms with Gasteiger partial charge in [0.2, 0.25) is 0 Å². The van der Waals surface area contributed by atoms with Crippen molar-refractivity contribution in [3.63, 3.8) is 0 Å². The van der Waals surface area contributed by atoms with Crippen molar-refractivity contribution in [3.05, 3.63) is 54.9 Å². The fourth-order valence-electron chi connectivity index (χ4n) is 1.19. The van der Waals surface area contributed by atoms with Crippen LogP contribution in [0.15, 0.2) is 54.9 Å². The monoisotopic (exact) mass is 173 g/mol. The predicted molar refractivity (Wildman–Crippen MR) is 51.7 cm³/mol. The molecular formula is C10H11N3. The van der Waals surface area contributed by atoms with E-state index in [1.165, 1.54) is 5.57 Å². The summed E-state index contributed by atoms with van der Waals surface area (Å²) in [5.41, 5.74) is 1.25. The van der Waals surface area contributed by atoms with E-state index in [2.05, 4.69) is 22.5 Å². The second-order valence-electron chi connectivity index (χ2n) is 2.84. The number of allylic oxidation sites excluding steroid dienone is 4. The van der Waals surface area contributed by atoms with Crippen LogP contribution < -0.4 is 5.32 Å². The summed E-state index contributed by atoms with van der Waals surface area (Å²) in [6, 6.07) is 0. The van der Waals surface area contributed by atoms with Gasteiger partial charge in [-0.2, -0.15) is 0 Å². The number of aromatic nitrogens is 2. The van der Waals surface area contributed by atoms with Crippen LogP contribution in [0.25, 0.3) is 0 Å². The molecule has 0 aromatic carbocycles. The van der Waals surface area contributed by atoms with E-state index in [0.29, 0.717) is 0 Å². The van der Waals surface area contributed by atoms with E-state index in [-0.39, 0.29) is 0 Å². The second-order valence-corrected chi connectivity index (χ2v) is 2.84. The van der Waals surface area contributed by atoms with E-state index in [1.807, 2.05) is 35.6 Å². The Balaban J connectivity index is 2.09. The van der Waals surface area contributed by atoms with Crippen LogP contribution in [0, 0.1) is 0 Å². The van der Waals surface area contributed by atoms with Crippen molar-refractivity contribution in [1.29, 1.82) is 0 Å². The van der Waals surface area contributed by atoms with E-state index in [1.54, 1.807) is 6.20 Å². The molecule has 1 aliphatic heterocycles. The normalized spacial score (nSPS) is 14.9. The molecule has 1 N–H and O–H groups in total. The first kappa shape index (κ1) is 7.86. The largest absolute Gasteiger partial charge is 0.368 e. The Kier molecular flexibility index (Phi) is 2.27. The Bertz CT molecular complexity index is 344. The van der Waals surface area contributed by atoms with E-state index >= 15 is 0 Å². The Morgan fingerprint density at radius 1 is 1.38 bits per heavy atom. The minimum atomic E-state index is 0.864. The lowest BCUT2D eigenvalue weighted by atomic mass is 10.2. The summed E-state index contributed by atoms with van der Waals surface area (Å²) >= 11 is 0. The molecule has 0 bridgehead atoms. The summed E-state index contributed by atoms with van der Waals surface area (Å²) in [7, 11) is 0. The van der Waals surface area contributed by atoms with Crippen molar-refractivity contribution in [3.8, 4) is 0 Å². The first-order valence-corrected chi connectivity index (χ1v) is 4.19. The highest BCUT2D eigenvalue weighted by Crippen LogP contribution is 2.03. The van der Waals surface area contributed by atoms with Gasteiger partial charge in [-0.05, 0) is 17.7 Å². The molecule has 0 amide bonds. The molecule has 0 aliphatic carbocycles. The van der Waals surface area contributed by atoms with Crippen LogP contribution in [0.2, 0.25) is 0 Å². The highest BCUT2D eigenvalue weighted by molar-refractivity contribution is 5.26. The Labute approximate surface area is 77.1 Å². The molecule has 0 spiro atoms. The van der Waals surface area contributed by atoms with E-state index in [4.69, 9.17) is 0 Å². The van der Waals surface area contributed by atoms with E-state index in [0.717, 1.165) is 6.54 Å². The summed E-state index contributed by atoms with van der Waals surface area (Å²) < 4.78 is 2.04. The highest BCUT2D eigenvalue weighted by atomic mass is 15.0. The van der Waals surface area contributed by atoms with Gasteiger partial charge in [0.25, 0.3) is 0 Å². The molecule has 13 heavy (non-hydrogen) atoms. The molecule has 66 valence electrons. The Morgan fingerprint density at radius 2 is 2.38 bits per heavy atom. The maximum absolute atomic E-state index is 3.99. The molecule has 1 aromatic rings. The van der Waals surface area contributed by atoms with Crippen LogP contribution in [-0.4, -0.2) is 9.55 Å². The number of imidazole rings is 1.